The van der Waals surface area contributed by atoms with E-state index in [0.717, 1.165) is 72.6 Å². The van der Waals surface area contributed by atoms with E-state index in [1.165, 1.54) is 87.4 Å². The molecule has 2 aromatic rings. The number of nitrogens with zero attached hydrogens (tertiary/aromatic N) is 1. The van der Waals surface area contributed by atoms with Crippen molar-refractivity contribution in [1.82, 2.24) is 5.48 Å². The van der Waals surface area contributed by atoms with Crippen molar-refractivity contribution in [2.45, 2.75) is 116 Å². The molecule has 3 heterocycles. The summed E-state index contributed by atoms with van der Waals surface area (Å²) in [6.07, 6.45) is 19.4. The van der Waals surface area contributed by atoms with E-state index < -0.39 is 0 Å². The summed E-state index contributed by atoms with van der Waals surface area (Å²) in [6, 6.07) is 3.95. The van der Waals surface area contributed by atoms with Gasteiger partial charge in [0.15, 0.2) is 0 Å². The Morgan fingerprint density at radius 2 is 1.79 bits per heavy atom. The zero-order valence-electron chi connectivity index (χ0n) is 26.6. The van der Waals surface area contributed by atoms with Gasteiger partial charge in [-0.3, -0.25) is 4.84 Å². The lowest BCUT2D eigenvalue weighted by Crippen LogP contribution is -2.53. The van der Waals surface area contributed by atoms with Gasteiger partial charge in [0.2, 0.25) is 0 Å². The van der Waals surface area contributed by atoms with E-state index in [1.54, 1.807) is 6.07 Å². The molecule has 4 unspecified atom stereocenters. The second-order valence-electron chi connectivity index (χ2n) is 15.6. The van der Waals surface area contributed by atoms with Crippen molar-refractivity contribution >= 4 is 16.7 Å². The van der Waals surface area contributed by atoms with E-state index in [-0.39, 0.29) is 5.63 Å². The standard InChI is InChI=1S/C37H52N2O4/c1-36-16-4-3-8-26(36)10-11-27-30-12-13-32(37(30,2)17-14-31(27)36)41-23-38-42-20-15-24-22-33(40)43-35-28-9-6-19-39-18-5-7-25(34(28)39)21-29(24)35/h21-22,26-27,30-32,38H,3-20,23H2,1-2H3/t26?,27?,30?,31?,32-,36-,37-/m0/s1. The average Bonchev–Trinajstić information content (AvgIpc) is 3.35. The Hall–Kier alpha value is -1.89. The highest BCUT2D eigenvalue weighted by Crippen LogP contribution is 2.66. The summed E-state index contributed by atoms with van der Waals surface area (Å²) in [6.45, 7) is 8.35. The number of hydroxylamine groups is 1. The Labute approximate surface area is 257 Å². The van der Waals surface area contributed by atoms with Crippen molar-refractivity contribution in [2.24, 2.45) is 34.5 Å². The van der Waals surface area contributed by atoms with E-state index in [0.29, 0.717) is 36.7 Å². The Bertz CT molecular complexity index is 1420. The van der Waals surface area contributed by atoms with Gasteiger partial charge in [-0.2, -0.15) is 5.48 Å². The lowest BCUT2D eigenvalue weighted by Gasteiger charge is -2.60. The highest BCUT2D eigenvalue weighted by Gasteiger charge is 2.60. The van der Waals surface area contributed by atoms with E-state index in [1.807, 2.05) is 0 Å². The third kappa shape index (κ3) is 4.72. The lowest BCUT2D eigenvalue weighted by molar-refractivity contribution is -0.142. The molecular weight excluding hydrogens is 536 g/mol. The number of hydrogen-bond acceptors (Lipinski definition) is 6. The van der Waals surface area contributed by atoms with Gasteiger partial charge in [-0.15, -0.1) is 0 Å². The molecule has 234 valence electrons. The lowest BCUT2D eigenvalue weighted by atomic mass is 9.45. The number of hydrogen-bond donors (Lipinski definition) is 1. The number of ether oxygens (including phenoxy) is 1. The van der Waals surface area contributed by atoms with Crippen molar-refractivity contribution in [1.29, 1.82) is 0 Å². The minimum absolute atomic E-state index is 0.257. The van der Waals surface area contributed by atoms with Crippen LogP contribution < -0.4 is 16.0 Å². The van der Waals surface area contributed by atoms with Crippen LogP contribution in [0.4, 0.5) is 5.69 Å². The van der Waals surface area contributed by atoms with Gasteiger partial charge in [0, 0.05) is 35.8 Å². The molecule has 1 aromatic heterocycles. The molecule has 2 aliphatic heterocycles. The number of fused-ring (bicyclic) bond motifs is 7. The maximum absolute atomic E-state index is 12.6. The van der Waals surface area contributed by atoms with Crippen LogP contribution in [0.5, 0.6) is 0 Å². The number of anilines is 1. The molecule has 0 saturated heterocycles. The maximum atomic E-state index is 12.6. The molecule has 6 heteroatoms. The summed E-state index contributed by atoms with van der Waals surface area (Å²) in [7, 11) is 0. The highest BCUT2D eigenvalue weighted by atomic mass is 16.7. The summed E-state index contributed by atoms with van der Waals surface area (Å²) in [5.74, 6) is 3.63. The molecule has 4 fully saturated rings. The molecule has 8 rings (SSSR count). The summed E-state index contributed by atoms with van der Waals surface area (Å²) in [5.41, 5.74) is 9.57. The van der Waals surface area contributed by atoms with Crippen molar-refractivity contribution < 1.29 is 14.0 Å². The normalized spacial score (nSPS) is 36.6. The fourth-order valence-electron chi connectivity index (χ4n) is 11.7. The number of aryl methyl sites for hydroxylation is 2. The summed E-state index contributed by atoms with van der Waals surface area (Å²) in [4.78, 5) is 21.0. The first kappa shape index (κ1) is 28.6. The monoisotopic (exact) mass is 588 g/mol. The van der Waals surface area contributed by atoms with Crippen LogP contribution in [0.3, 0.4) is 0 Å². The SMILES string of the molecule is C[C@]12CCCCC1CCC1C2CC[C@@]2(C)C1CC[C@@H]2OCNOCCc1cc(=O)oc2c3c4c(cc12)CCCN4CCC3. The van der Waals surface area contributed by atoms with Gasteiger partial charge >= 0.3 is 5.63 Å². The van der Waals surface area contributed by atoms with Gasteiger partial charge in [0.1, 0.15) is 12.3 Å². The van der Waals surface area contributed by atoms with Crippen molar-refractivity contribution in [2.75, 3.05) is 31.3 Å². The first-order chi connectivity index (χ1) is 21.0. The molecule has 0 radical (unpaired) electrons. The molecular formula is C37H52N2O4. The molecule has 0 bridgehead atoms. The minimum Gasteiger partial charge on any atom is -0.422 e. The minimum atomic E-state index is -0.257. The van der Waals surface area contributed by atoms with Crippen molar-refractivity contribution in [3.05, 3.63) is 39.2 Å². The van der Waals surface area contributed by atoms with Gasteiger partial charge < -0.3 is 14.1 Å². The van der Waals surface area contributed by atoms with Gasteiger partial charge in [-0.05, 0) is 135 Å². The molecule has 1 N–H and O–H groups in total. The van der Waals surface area contributed by atoms with E-state index in [9.17, 15) is 4.79 Å². The molecule has 6 aliphatic rings. The van der Waals surface area contributed by atoms with Crippen LogP contribution in [0.25, 0.3) is 11.0 Å². The van der Waals surface area contributed by atoms with Crippen LogP contribution >= 0.6 is 0 Å². The predicted molar refractivity (Wildman–Crippen MR) is 170 cm³/mol. The Balaban J connectivity index is 0.876. The van der Waals surface area contributed by atoms with Crippen LogP contribution in [-0.2, 0) is 28.8 Å². The summed E-state index contributed by atoms with van der Waals surface area (Å²) in [5, 5.41) is 1.09. The van der Waals surface area contributed by atoms with Crippen LogP contribution in [0, 0.1) is 34.5 Å². The topological polar surface area (TPSA) is 63.9 Å². The molecule has 0 amide bonds. The van der Waals surface area contributed by atoms with Crippen LogP contribution in [0.15, 0.2) is 21.3 Å². The second kappa shape index (κ2) is 11.2. The third-order valence-corrected chi connectivity index (χ3v) is 13.7. The maximum Gasteiger partial charge on any atom is 0.336 e. The van der Waals surface area contributed by atoms with Gasteiger partial charge in [-0.1, -0.05) is 26.7 Å². The van der Waals surface area contributed by atoms with Gasteiger partial charge in [0.25, 0.3) is 0 Å². The van der Waals surface area contributed by atoms with Crippen LogP contribution in [-0.4, -0.2) is 32.5 Å². The van der Waals surface area contributed by atoms with Crippen LogP contribution in [0.2, 0.25) is 0 Å². The fourth-order valence-corrected chi connectivity index (χ4v) is 11.7. The molecule has 43 heavy (non-hydrogen) atoms. The van der Waals surface area contributed by atoms with Gasteiger partial charge in [-0.25, -0.2) is 4.79 Å². The second-order valence-corrected chi connectivity index (χ2v) is 15.6. The van der Waals surface area contributed by atoms with E-state index in [4.69, 9.17) is 14.0 Å². The zero-order chi connectivity index (χ0) is 29.2. The van der Waals surface area contributed by atoms with Crippen LogP contribution in [0.1, 0.15) is 108 Å². The molecule has 4 aliphatic carbocycles. The molecule has 1 aromatic carbocycles. The Morgan fingerprint density at radius 3 is 2.70 bits per heavy atom. The number of benzene rings is 1. The van der Waals surface area contributed by atoms with Gasteiger partial charge in [0.05, 0.1) is 12.7 Å². The molecule has 0 spiro atoms. The Kier molecular flexibility index (Phi) is 7.42. The molecule has 4 saturated carbocycles. The highest BCUT2D eigenvalue weighted by molar-refractivity contribution is 5.90. The molecule has 7 atom stereocenters. The zero-order valence-corrected chi connectivity index (χ0v) is 26.6. The largest absolute Gasteiger partial charge is 0.422 e. The number of nitrogens with one attached hydrogen (secondary N) is 1. The first-order valence-electron chi connectivity index (χ1n) is 17.8. The molecule has 6 nitrogen and oxygen atoms in total. The summed E-state index contributed by atoms with van der Waals surface area (Å²) < 4.78 is 12.4. The quantitative estimate of drug-likeness (QED) is 0.158. The van der Waals surface area contributed by atoms with E-state index >= 15 is 0 Å². The average molecular weight is 589 g/mol. The third-order valence-electron chi connectivity index (χ3n) is 13.7. The first-order valence-corrected chi connectivity index (χ1v) is 17.8. The summed E-state index contributed by atoms with van der Waals surface area (Å²) >= 11 is 0. The smallest absolute Gasteiger partial charge is 0.336 e. The predicted octanol–water partition coefficient (Wildman–Crippen LogP) is 7.33. The van der Waals surface area contributed by atoms with E-state index in [2.05, 4.69) is 30.3 Å². The van der Waals surface area contributed by atoms with Crippen molar-refractivity contribution in [3.63, 3.8) is 0 Å². The van der Waals surface area contributed by atoms with Crippen molar-refractivity contribution in [3.8, 4) is 0 Å². The fraction of sp³-hybridized carbons (Fsp3) is 0.757. The Morgan fingerprint density at radius 1 is 0.930 bits per heavy atom. The number of rotatable bonds is 7.